The maximum absolute atomic E-state index is 12.1. The van der Waals surface area contributed by atoms with E-state index in [4.69, 9.17) is 4.42 Å². The van der Waals surface area contributed by atoms with Crippen LogP contribution in [-0.4, -0.2) is 21.4 Å². The number of rotatable bonds is 5. The van der Waals surface area contributed by atoms with Crippen molar-refractivity contribution in [1.29, 1.82) is 0 Å². The maximum atomic E-state index is 12.1. The fourth-order valence-electron chi connectivity index (χ4n) is 1.89. The summed E-state index contributed by atoms with van der Waals surface area (Å²) in [4.78, 5) is 12.1. The zero-order valence-electron chi connectivity index (χ0n) is 12.6. The van der Waals surface area contributed by atoms with Gasteiger partial charge in [-0.15, -0.1) is 0 Å². The van der Waals surface area contributed by atoms with Crippen molar-refractivity contribution in [1.82, 2.24) is 10.0 Å². The van der Waals surface area contributed by atoms with Gasteiger partial charge in [0.05, 0.1) is 6.04 Å². The van der Waals surface area contributed by atoms with Crippen molar-refractivity contribution in [2.45, 2.75) is 25.0 Å². The van der Waals surface area contributed by atoms with Crippen molar-refractivity contribution in [3.05, 3.63) is 53.3 Å². The van der Waals surface area contributed by atoms with Gasteiger partial charge in [-0.1, -0.05) is 29.8 Å². The second-order valence-corrected chi connectivity index (χ2v) is 6.75. The molecule has 0 saturated heterocycles. The van der Waals surface area contributed by atoms with Gasteiger partial charge < -0.3 is 9.73 Å². The van der Waals surface area contributed by atoms with Gasteiger partial charge in [-0.3, -0.25) is 4.79 Å². The quantitative estimate of drug-likeness (QED) is 0.881. The predicted octanol–water partition coefficient (Wildman–Crippen LogP) is 1.99. The van der Waals surface area contributed by atoms with Crippen LogP contribution in [0.4, 0.5) is 0 Å². The number of amides is 1. The molecule has 1 heterocycles. The van der Waals surface area contributed by atoms with E-state index in [0.717, 1.165) is 11.1 Å². The summed E-state index contributed by atoms with van der Waals surface area (Å²) in [6.07, 6.45) is 0. The smallest absolute Gasteiger partial charge is 0.287 e. The Morgan fingerprint density at radius 2 is 1.77 bits per heavy atom. The number of hydrogen-bond donors (Lipinski definition) is 2. The van der Waals surface area contributed by atoms with E-state index < -0.39 is 15.9 Å². The molecule has 2 N–H and O–H groups in total. The highest BCUT2D eigenvalue weighted by molar-refractivity contribution is 7.89. The highest BCUT2D eigenvalue weighted by Crippen LogP contribution is 2.16. The molecular formula is C15H18N2O4S. The Labute approximate surface area is 129 Å². The summed E-state index contributed by atoms with van der Waals surface area (Å²) >= 11 is 0. The first-order chi connectivity index (χ1) is 10.3. The van der Waals surface area contributed by atoms with Crippen molar-refractivity contribution in [2.24, 2.45) is 0 Å². The van der Waals surface area contributed by atoms with Gasteiger partial charge in [-0.2, -0.15) is 0 Å². The van der Waals surface area contributed by atoms with Crippen LogP contribution >= 0.6 is 0 Å². The lowest BCUT2D eigenvalue weighted by atomic mass is 10.1. The molecule has 2 aromatic rings. The van der Waals surface area contributed by atoms with Crippen LogP contribution in [0.25, 0.3) is 0 Å². The second-order valence-electron chi connectivity index (χ2n) is 4.93. The van der Waals surface area contributed by atoms with E-state index in [1.165, 1.54) is 19.2 Å². The molecule has 0 aliphatic heterocycles. The molecule has 0 fully saturated rings. The van der Waals surface area contributed by atoms with Gasteiger partial charge in [0.2, 0.25) is 5.09 Å². The summed E-state index contributed by atoms with van der Waals surface area (Å²) in [5.74, 6) is -0.515. The van der Waals surface area contributed by atoms with Crippen LogP contribution in [0.2, 0.25) is 0 Å². The van der Waals surface area contributed by atoms with Crippen LogP contribution in [0.1, 0.15) is 34.6 Å². The fraction of sp³-hybridized carbons (Fsp3) is 0.267. The summed E-state index contributed by atoms with van der Waals surface area (Å²) in [5.41, 5.74) is 2.09. The predicted molar refractivity (Wildman–Crippen MR) is 82.0 cm³/mol. The Kier molecular flexibility index (Phi) is 4.68. The van der Waals surface area contributed by atoms with Crippen LogP contribution in [0.5, 0.6) is 0 Å². The van der Waals surface area contributed by atoms with Gasteiger partial charge in [0.15, 0.2) is 5.76 Å². The molecule has 0 saturated carbocycles. The van der Waals surface area contributed by atoms with Crippen molar-refractivity contribution in [3.8, 4) is 0 Å². The molecule has 7 heteroatoms. The number of carbonyl (C=O) groups is 1. The van der Waals surface area contributed by atoms with Crippen molar-refractivity contribution in [3.63, 3.8) is 0 Å². The standard InChI is InChI=1S/C15H18N2O4S/c1-10-4-6-12(7-5-10)11(2)17-15(18)13-8-9-14(21-13)22(19,20)16-3/h4-9,11,16H,1-3H3,(H,17,18)/t11-/m1/s1. The van der Waals surface area contributed by atoms with Crippen molar-refractivity contribution >= 4 is 15.9 Å². The van der Waals surface area contributed by atoms with Crippen LogP contribution in [0.15, 0.2) is 45.9 Å². The minimum absolute atomic E-state index is 0.0483. The summed E-state index contributed by atoms with van der Waals surface area (Å²) in [7, 11) is -2.42. The van der Waals surface area contributed by atoms with Crippen LogP contribution in [0, 0.1) is 6.92 Å². The first kappa shape index (κ1) is 16.3. The van der Waals surface area contributed by atoms with Crippen molar-refractivity contribution < 1.29 is 17.6 Å². The molecular weight excluding hydrogens is 304 g/mol. The summed E-state index contributed by atoms with van der Waals surface area (Å²) in [6, 6.07) is 10.1. The van der Waals surface area contributed by atoms with E-state index in [-0.39, 0.29) is 16.9 Å². The number of furan rings is 1. The molecule has 0 unspecified atom stereocenters. The summed E-state index contributed by atoms with van der Waals surface area (Å²) in [5, 5.41) is 2.48. The lowest BCUT2D eigenvalue weighted by Crippen LogP contribution is -2.26. The van der Waals surface area contributed by atoms with Gasteiger partial charge in [-0.05, 0) is 38.6 Å². The Morgan fingerprint density at radius 1 is 1.14 bits per heavy atom. The normalized spacial score (nSPS) is 12.9. The topological polar surface area (TPSA) is 88.4 Å². The number of carbonyl (C=O) groups excluding carboxylic acids is 1. The van der Waals surface area contributed by atoms with Gasteiger partial charge in [0.1, 0.15) is 0 Å². The third-order valence-electron chi connectivity index (χ3n) is 3.26. The second kappa shape index (κ2) is 6.33. The largest absolute Gasteiger partial charge is 0.438 e. The Balaban J connectivity index is 2.11. The Bertz CT molecular complexity index is 763. The van der Waals surface area contributed by atoms with Crippen LogP contribution in [0.3, 0.4) is 0 Å². The minimum Gasteiger partial charge on any atom is -0.438 e. The highest BCUT2D eigenvalue weighted by atomic mass is 32.2. The molecule has 0 radical (unpaired) electrons. The molecule has 1 amide bonds. The van der Waals surface area contributed by atoms with Gasteiger partial charge in [0.25, 0.3) is 15.9 Å². The molecule has 22 heavy (non-hydrogen) atoms. The summed E-state index contributed by atoms with van der Waals surface area (Å²) < 4.78 is 30.4. The molecule has 0 aliphatic carbocycles. The molecule has 1 aromatic heterocycles. The molecule has 2 rings (SSSR count). The first-order valence-electron chi connectivity index (χ1n) is 6.74. The van der Waals surface area contributed by atoms with E-state index in [9.17, 15) is 13.2 Å². The zero-order valence-corrected chi connectivity index (χ0v) is 13.4. The molecule has 0 aliphatic rings. The average Bonchev–Trinajstić information content (AvgIpc) is 2.98. The zero-order chi connectivity index (χ0) is 16.3. The molecule has 6 nitrogen and oxygen atoms in total. The van der Waals surface area contributed by atoms with E-state index in [1.807, 2.05) is 38.1 Å². The van der Waals surface area contributed by atoms with Gasteiger partial charge in [-0.25, -0.2) is 13.1 Å². The Morgan fingerprint density at radius 3 is 2.36 bits per heavy atom. The van der Waals surface area contributed by atoms with Gasteiger partial charge >= 0.3 is 0 Å². The molecule has 0 bridgehead atoms. The van der Waals surface area contributed by atoms with Gasteiger partial charge in [0, 0.05) is 0 Å². The SMILES string of the molecule is CNS(=O)(=O)c1ccc(C(=O)N[C@H](C)c2ccc(C)cc2)o1. The monoisotopic (exact) mass is 322 g/mol. The van der Waals surface area contributed by atoms with Crippen LogP contribution in [-0.2, 0) is 10.0 Å². The van der Waals surface area contributed by atoms with E-state index in [1.54, 1.807) is 0 Å². The molecule has 1 aromatic carbocycles. The Hall–Kier alpha value is -2.12. The number of benzene rings is 1. The number of hydrogen-bond acceptors (Lipinski definition) is 4. The van der Waals surface area contributed by atoms with E-state index in [0.29, 0.717) is 0 Å². The van der Waals surface area contributed by atoms with Crippen molar-refractivity contribution in [2.75, 3.05) is 7.05 Å². The third kappa shape index (κ3) is 3.55. The van der Waals surface area contributed by atoms with Crippen LogP contribution < -0.4 is 10.0 Å². The lowest BCUT2D eigenvalue weighted by Gasteiger charge is -2.13. The van der Waals surface area contributed by atoms with E-state index >= 15 is 0 Å². The first-order valence-corrected chi connectivity index (χ1v) is 8.22. The third-order valence-corrected chi connectivity index (χ3v) is 4.55. The lowest BCUT2D eigenvalue weighted by molar-refractivity contribution is 0.0906. The maximum Gasteiger partial charge on any atom is 0.287 e. The number of nitrogens with one attached hydrogen (secondary N) is 2. The van der Waals surface area contributed by atoms with E-state index in [2.05, 4.69) is 10.0 Å². The molecule has 1 atom stereocenters. The molecule has 118 valence electrons. The minimum atomic E-state index is -3.69. The average molecular weight is 322 g/mol. The fourth-order valence-corrected chi connectivity index (χ4v) is 2.54. The highest BCUT2D eigenvalue weighted by Gasteiger charge is 2.20. The summed E-state index contributed by atoms with van der Waals surface area (Å²) in [6.45, 7) is 3.83. The number of sulfonamides is 1. The molecule has 0 spiro atoms. The number of aryl methyl sites for hydroxylation is 1.